The third-order valence-electron chi connectivity index (χ3n) is 6.25. The van der Waals surface area contributed by atoms with E-state index in [4.69, 9.17) is 16.7 Å². The molecule has 2 aromatic heterocycles. The number of carboxylic acid groups (broad SMARTS) is 1. The molecule has 1 fully saturated rings. The van der Waals surface area contributed by atoms with Gasteiger partial charge in [0.25, 0.3) is 5.91 Å². The minimum Gasteiger partial charge on any atom is -0.465 e. The highest BCUT2D eigenvalue weighted by molar-refractivity contribution is 6.32. The average Bonchev–Trinajstić information content (AvgIpc) is 3.26. The van der Waals surface area contributed by atoms with E-state index >= 15 is 0 Å². The molecule has 1 aromatic carbocycles. The summed E-state index contributed by atoms with van der Waals surface area (Å²) in [5.41, 5.74) is 2.86. The zero-order valence-electron chi connectivity index (χ0n) is 20.9. The van der Waals surface area contributed by atoms with Gasteiger partial charge in [0.2, 0.25) is 0 Å². The molecule has 0 spiro atoms. The molecule has 10 nitrogen and oxygen atoms in total. The van der Waals surface area contributed by atoms with E-state index in [1.165, 1.54) is 4.90 Å². The zero-order chi connectivity index (χ0) is 25.7. The van der Waals surface area contributed by atoms with Crippen molar-refractivity contribution in [1.29, 1.82) is 0 Å². The van der Waals surface area contributed by atoms with E-state index in [-0.39, 0.29) is 36.5 Å². The van der Waals surface area contributed by atoms with Crippen LogP contribution in [-0.4, -0.2) is 60.9 Å². The molecule has 2 amide bonds. The van der Waals surface area contributed by atoms with Crippen LogP contribution in [0.15, 0.2) is 12.1 Å². The van der Waals surface area contributed by atoms with Crippen LogP contribution in [-0.2, 0) is 12.0 Å². The lowest BCUT2D eigenvalue weighted by molar-refractivity contribution is 0.0759. The minimum absolute atomic E-state index is 0.00659. The summed E-state index contributed by atoms with van der Waals surface area (Å²) in [6.45, 7) is 13.1. The number of imidazole rings is 1. The summed E-state index contributed by atoms with van der Waals surface area (Å²) in [4.78, 5) is 30.0. The highest BCUT2D eigenvalue weighted by Crippen LogP contribution is 2.34. The van der Waals surface area contributed by atoms with Crippen molar-refractivity contribution in [2.24, 2.45) is 0 Å². The predicted octanol–water partition coefficient (Wildman–Crippen LogP) is 4.30. The number of H-pyrrole nitrogens is 1. The smallest absolute Gasteiger partial charge is 0.407 e. The first-order valence-corrected chi connectivity index (χ1v) is 12.0. The number of fused-ring (bicyclic) bond motifs is 1. The van der Waals surface area contributed by atoms with E-state index in [0.29, 0.717) is 34.6 Å². The number of likely N-dealkylation sites (tertiary alicyclic amines) is 1. The van der Waals surface area contributed by atoms with Gasteiger partial charge in [-0.25, -0.2) is 9.78 Å². The van der Waals surface area contributed by atoms with Gasteiger partial charge in [0, 0.05) is 29.5 Å². The molecule has 0 atom stereocenters. The Kier molecular flexibility index (Phi) is 6.44. The number of rotatable bonds is 6. The van der Waals surface area contributed by atoms with Gasteiger partial charge in [-0.15, -0.1) is 0 Å². The third-order valence-corrected chi connectivity index (χ3v) is 6.56. The Morgan fingerprint density at radius 2 is 1.97 bits per heavy atom. The largest absolute Gasteiger partial charge is 0.465 e. The molecular weight excluding hydrogens is 470 g/mol. The Balaban J connectivity index is 1.56. The second-order valence-electron chi connectivity index (χ2n) is 10.3. The summed E-state index contributed by atoms with van der Waals surface area (Å²) in [5.74, 6) is 1.15. The Morgan fingerprint density at radius 3 is 2.57 bits per heavy atom. The van der Waals surface area contributed by atoms with Crippen molar-refractivity contribution in [1.82, 2.24) is 30.0 Å². The number of hydrogen-bond donors (Lipinski definition) is 4. The summed E-state index contributed by atoms with van der Waals surface area (Å²) in [7, 11) is 0. The van der Waals surface area contributed by atoms with Gasteiger partial charge in [-0.1, -0.05) is 32.4 Å². The molecule has 3 heterocycles. The number of carbonyl (C=O) groups excluding carboxylic acids is 1. The molecule has 0 aliphatic carbocycles. The maximum atomic E-state index is 13.1. The number of aromatic nitrogens is 4. The lowest BCUT2D eigenvalue weighted by Crippen LogP contribution is -2.60. The fraction of sp³-hybridized carbons (Fsp3) is 0.500. The summed E-state index contributed by atoms with van der Waals surface area (Å²) in [5, 5.41) is 24.4. The van der Waals surface area contributed by atoms with Gasteiger partial charge in [-0.2, -0.15) is 5.10 Å². The first-order valence-electron chi connectivity index (χ1n) is 11.6. The monoisotopic (exact) mass is 501 g/mol. The number of aryl methyl sites for hydroxylation is 1. The molecule has 35 heavy (non-hydrogen) atoms. The molecule has 4 N–H and O–H groups in total. The number of nitrogens with zero attached hydrogens (tertiary/aromatic N) is 4. The van der Waals surface area contributed by atoms with Crippen molar-refractivity contribution in [3.05, 3.63) is 39.9 Å². The van der Waals surface area contributed by atoms with Crippen molar-refractivity contribution in [3.8, 4) is 0 Å². The number of amides is 2. The Bertz CT molecular complexity index is 1280. The van der Waals surface area contributed by atoms with E-state index in [1.807, 2.05) is 31.4 Å². The molecular formula is C24H32ClN7O3. The highest BCUT2D eigenvalue weighted by Gasteiger charge is 2.33. The van der Waals surface area contributed by atoms with Crippen LogP contribution in [0.4, 0.5) is 10.6 Å². The molecule has 1 saturated heterocycles. The second kappa shape index (κ2) is 9.07. The summed E-state index contributed by atoms with van der Waals surface area (Å²) >= 11 is 6.50. The molecule has 1 aliphatic rings. The Labute approximate surface area is 209 Å². The molecule has 0 radical (unpaired) electrons. The first-order chi connectivity index (χ1) is 16.4. The van der Waals surface area contributed by atoms with Crippen LogP contribution in [0.2, 0.25) is 5.02 Å². The van der Waals surface area contributed by atoms with Crippen LogP contribution in [0.5, 0.6) is 0 Å². The molecule has 4 rings (SSSR count). The van der Waals surface area contributed by atoms with Crippen LogP contribution >= 0.6 is 11.6 Å². The number of anilines is 1. The normalized spacial score (nSPS) is 14.5. The van der Waals surface area contributed by atoms with Crippen LogP contribution in [0.1, 0.15) is 68.2 Å². The van der Waals surface area contributed by atoms with Crippen molar-refractivity contribution in [2.45, 2.75) is 65.6 Å². The zero-order valence-corrected chi connectivity index (χ0v) is 21.6. The number of nitrogens with one attached hydrogen (secondary N) is 3. The van der Waals surface area contributed by atoms with E-state index < -0.39 is 6.09 Å². The van der Waals surface area contributed by atoms with Crippen LogP contribution in [0.25, 0.3) is 10.9 Å². The van der Waals surface area contributed by atoms with E-state index in [0.717, 1.165) is 16.5 Å². The minimum atomic E-state index is -0.977. The standard InChI is InChI=1S/C24H32ClN7O3/c1-12(2)32-19(27-13(3)20(32)22(33)28-14-10-31(11-14)23(34)35)9-26-21-15-7-16(24(4,5)6)17(25)8-18(15)29-30-21/h7-8,12,14H,9-11H2,1-6H3,(H,28,33)(H,34,35)(H2,26,29,30). The van der Waals surface area contributed by atoms with E-state index in [2.05, 4.69) is 52.7 Å². The van der Waals surface area contributed by atoms with Gasteiger partial charge in [-0.3, -0.25) is 9.89 Å². The Hall–Kier alpha value is -3.27. The average molecular weight is 502 g/mol. The van der Waals surface area contributed by atoms with Gasteiger partial charge in [0.15, 0.2) is 5.82 Å². The van der Waals surface area contributed by atoms with Crippen LogP contribution in [0, 0.1) is 6.92 Å². The number of halogens is 1. The third kappa shape index (κ3) is 4.80. The van der Waals surface area contributed by atoms with Gasteiger partial charge < -0.3 is 25.2 Å². The van der Waals surface area contributed by atoms with Crippen molar-refractivity contribution >= 4 is 40.3 Å². The van der Waals surface area contributed by atoms with Gasteiger partial charge >= 0.3 is 6.09 Å². The number of carbonyl (C=O) groups is 2. The highest BCUT2D eigenvalue weighted by atomic mass is 35.5. The number of benzene rings is 1. The number of aromatic amines is 1. The topological polar surface area (TPSA) is 128 Å². The second-order valence-corrected chi connectivity index (χ2v) is 10.7. The molecule has 0 bridgehead atoms. The molecule has 3 aromatic rings. The molecule has 0 saturated carbocycles. The lowest BCUT2D eigenvalue weighted by Gasteiger charge is -2.37. The maximum absolute atomic E-state index is 13.1. The Morgan fingerprint density at radius 1 is 1.29 bits per heavy atom. The van der Waals surface area contributed by atoms with Gasteiger partial charge in [-0.05, 0) is 43.9 Å². The molecule has 11 heteroatoms. The van der Waals surface area contributed by atoms with Crippen LogP contribution in [0.3, 0.4) is 0 Å². The fourth-order valence-corrected chi connectivity index (χ4v) is 4.90. The van der Waals surface area contributed by atoms with Crippen molar-refractivity contribution in [3.63, 3.8) is 0 Å². The maximum Gasteiger partial charge on any atom is 0.407 e. The lowest BCUT2D eigenvalue weighted by atomic mass is 9.86. The molecule has 0 unspecified atom stereocenters. The van der Waals surface area contributed by atoms with Crippen molar-refractivity contribution < 1.29 is 14.7 Å². The van der Waals surface area contributed by atoms with Gasteiger partial charge in [0.05, 0.1) is 23.8 Å². The van der Waals surface area contributed by atoms with Gasteiger partial charge in [0.1, 0.15) is 11.5 Å². The quantitative estimate of drug-likeness (QED) is 0.398. The predicted molar refractivity (Wildman–Crippen MR) is 135 cm³/mol. The van der Waals surface area contributed by atoms with Crippen LogP contribution < -0.4 is 10.6 Å². The summed E-state index contributed by atoms with van der Waals surface area (Å²) in [6.07, 6.45) is -0.977. The number of hydrogen-bond acceptors (Lipinski definition) is 5. The first kappa shape index (κ1) is 24.8. The fourth-order valence-electron chi connectivity index (χ4n) is 4.45. The van der Waals surface area contributed by atoms with Crippen molar-refractivity contribution in [2.75, 3.05) is 18.4 Å². The summed E-state index contributed by atoms with van der Waals surface area (Å²) < 4.78 is 1.91. The SMILES string of the molecule is Cc1nc(CNc2n[nH]c3cc(Cl)c(C(C)(C)C)cc23)n(C(C)C)c1C(=O)NC1CN(C(=O)O)C1. The summed E-state index contributed by atoms with van der Waals surface area (Å²) in [6, 6.07) is 3.74. The van der Waals surface area contributed by atoms with E-state index in [9.17, 15) is 9.59 Å². The molecule has 188 valence electrons. The molecule has 1 aliphatic heterocycles. The van der Waals surface area contributed by atoms with E-state index in [1.54, 1.807) is 0 Å².